The van der Waals surface area contributed by atoms with Crippen molar-refractivity contribution in [3.63, 3.8) is 0 Å². The van der Waals surface area contributed by atoms with Crippen molar-refractivity contribution in [3.05, 3.63) is 92.1 Å². The van der Waals surface area contributed by atoms with Gasteiger partial charge in [-0.25, -0.2) is 9.97 Å². The summed E-state index contributed by atoms with van der Waals surface area (Å²) in [7, 11) is 0. The smallest absolute Gasteiger partial charge is 0.110 e. The van der Waals surface area contributed by atoms with Crippen LogP contribution in [0.4, 0.5) is 0 Å². The summed E-state index contributed by atoms with van der Waals surface area (Å²) in [4.78, 5) is 10.5. The van der Waals surface area contributed by atoms with E-state index in [0.717, 1.165) is 69.1 Å². The van der Waals surface area contributed by atoms with Crippen LogP contribution in [0.15, 0.2) is 82.1 Å². The summed E-state index contributed by atoms with van der Waals surface area (Å²) in [6.45, 7) is 4.57. The summed E-state index contributed by atoms with van der Waals surface area (Å²) in [6.07, 6.45) is 10.0. The molecule has 5 rings (SSSR count). The van der Waals surface area contributed by atoms with Crippen LogP contribution in [-0.4, -0.2) is 15.5 Å². The fourth-order valence-electron chi connectivity index (χ4n) is 5.24. The lowest BCUT2D eigenvalue weighted by Gasteiger charge is -2.44. The average Bonchev–Trinajstić information content (AvgIpc) is 3.57. The number of nitrogens with one attached hydrogen (secondary N) is 1. The molecule has 0 bridgehead atoms. The molecule has 0 amide bonds. The molecule has 1 unspecified atom stereocenters. The summed E-state index contributed by atoms with van der Waals surface area (Å²) < 4.78 is 1.08. The van der Waals surface area contributed by atoms with Crippen LogP contribution in [0.3, 0.4) is 0 Å². The Morgan fingerprint density at radius 3 is 1.97 bits per heavy atom. The summed E-state index contributed by atoms with van der Waals surface area (Å²) >= 11 is 7.06. The maximum Gasteiger partial charge on any atom is 0.110 e. The van der Waals surface area contributed by atoms with Crippen molar-refractivity contribution in [2.45, 2.75) is 56.9 Å². The second-order valence-electron chi connectivity index (χ2n) is 9.35. The van der Waals surface area contributed by atoms with Crippen LogP contribution in [0.1, 0.15) is 56.0 Å². The van der Waals surface area contributed by atoms with E-state index >= 15 is 0 Å². The number of rotatable bonds is 8. The fraction of sp³-hybridized carbons (Fsp3) is 0.310. The molecule has 0 saturated carbocycles. The maximum atomic E-state index is 5.24. The van der Waals surface area contributed by atoms with Gasteiger partial charge in [-0.05, 0) is 43.7 Å². The van der Waals surface area contributed by atoms with E-state index in [4.69, 9.17) is 9.97 Å². The number of benzene rings is 2. The minimum Gasteiger partial charge on any atom is -0.386 e. The lowest BCUT2D eigenvalue weighted by atomic mass is 9.70. The minimum absolute atomic E-state index is 0.0419. The van der Waals surface area contributed by atoms with Crippen molar-refractivity contribution in [1.82, 2.24) is 15.3 Å². The van der Waals surface area contributed by atoms with Crippen LogP contribution in [-0.2, 0) is 5.41 Å². The first-order valence-electron chi connectivity index (χ1n) is 12.3. The van der Waals surface area contributed by atoms with Gasteiger partial charge in [-0.3, -0.25) is 0 Å². The molecule has 4 aromatic rings. The minimum atomic E-state index is -0.342. The molecule has 2 aromatic heterocycles. The van der Waals surface area contributed by atoms with Crippen LogP contribution in [0, 0.1) is 0 Å². The molecule has 0 fully saturated rings. The Morgan fingerprint density at radius 1 is 0.829 bits per heavy atom. The highest BCUT2D eigenvalue weighted by atomic mass is 79.9. The SMILES string of the molecule is CCCC1(CCC)CC(c2nc(-c3ccccc3)cs2)(c2nc(-c3ccc(Br)cc3)cs2)C=CN1. The Morgan fingerprint density at radius 2 is 1.40 bits per heavy atom. The summed E-state index contributed by atoms with van der Waals surface area (Å²) in [5.74, 6) is 0. The van der Waals surface area contributed by atoms with E-state index in [1.165, 1.54) is 0 Å². The fourth-order valence-corrected chi connectivity index (χ4v) is 7.59. The maximum absolute atomic E-state index is 5.24. The van der Waals surface area contributed by atoms with Crippen LogP contribution in [0.25, 0.3) is 22.5 Å². The van der Waals surface area contributed by atoms with E-state index in [2.05, 4.69) is 113 Å². The van der Waals surface area contributed by atoms with Crippen molar-refractivity contribution in [2.75, 3.05) is 0 Å². The van der Waals surface area contributed by atoms with E-state index in [-0.39, 0.29) is 11.0 Å². The highest BCUT2D eigenvalue weighted by Crippen LogP contribution is 2.48. The van der Waals surface area contributed by atoms with Crippen LogP contribution < -0.4 is 5.32 Å². The lowest BCUT2D eigenvalue weighted by molar-refractivity contribution is 0.238. The molecule has 1 aliphatic rings. The van der Waals surface area contributed by atoms with Gasteiger partial charge in [0.25, 0.3) is 0 Å². The molecule has 3 heterocycles. The standard InChI is InChI=1S/C29H30BrN3S2/c1-3-14-28(15-4-2)20-29(16-17-31-28,26-32-24(18-34-26)21-8-6-5-7-9-21)27-33-25(19-35-27)22-10-12-23(30)13-11-22/h5-13,16-19,31H,3-4,14-15,20H2,1-2H3. The van der Waals surface area contributed by atoms with E-state index in [1.54, 1.807) is 22.7 Å². The highest BCUT2D eigenvalue weighted by molar-refractivity contribution is 9.10. The van der Waals surface area contributed by atoms with Crippen molar-refractivity contribution in [2.24, 2.45) is 0 Å². The number of allylic oxidation sites excluding steroid dienone is 1. The Hall–Kier alpha value is -2.28. The molecule has 3 nitrogen and oxygen atoms in total. The molecule has 180 valence electrons. The second kappa shape index (κ2) is 10.4. The first kappa shape index (κ1) is 24.4. The normalized spacial score (nSPS) is 18.9. The van der Waals surface area contributed by atoms with E-state index in [0.29, 0.717) is 0 Å². The number of hydrogen-bond donors (Lipinski definition) is 1. The predicted molar refractivity (Wildman–Crippen MR) is 153 cm³/mol. The van der Waals surface area contributed by atoms with Gasteiger partial charge in [-0.15, -0.1) is 22.7 Å². The molecule has 35 heavy (non-hydrogen) atoms. The number of halogens is 1. The van der Waals surface area contributed by atoms with Crippen molar-refractivity contribution in [1.29, 1.82) is 0 Å². The first-order valence-corrected chi connectivity index (χ1v) is 14.8. The van der Waals surface area contributed by atoms with Crippen LogP contribution in [0.2, 0.25) is 0 Å². The van der Waals surface area contributed by atoms with Gasteiger partial charge in [0.05, 0.1) is 16.8 Å². The van der Waals surface area contributed by atoms with E-state index in [9.17, 15) is 0 Å². The largest absolute Gasteiger partial charge is 0.386 e. The van der Waals surface area contributed by atoms with Crippen molar-refractivity contribution >= 4 is 38.6 Å². The topological polar surface area (TPSA) is 37.8 Å². The number of aromatic nitrogens is 2. The Labute approximate surface area is 224 Å². The van der Waals surface area contributed by atoms with Crippen LogP contribution in [0.5, 0.6) is 0 Å². The Bertz CT molecular complexity index is 1290. The molecular weight excluding hydrogens is 534 g/mol. The lowest BCUT2D eigenvalue weighted by Crippen LogP contribution is -2.51. The molecule has 6 heteroatoms. The monoisotopic (exact) mass is 563 g/mol. The zero-order valence-corrected chi connectivity index (χ0v) is 23.3. The highest BCUT2D eigenvalue weighted by Gasteiger charge is 2.47. The molecule has 2 aromatic carbocycles. The van der Waals surface area contributed by atoms with Gasteiger partial charge >= 0.3 is 0 Å². The third kappa shape index (κ3) is 4.89. The number of nitrogens with zero attached hydrogens (tertiary/aromatic N) is 2. The van der Waals surface area contributed by atoms with Gasteiger partial charge in [0.15, 0.2) is 0 Å². The average molecular weight is 565 g/mol. The van der Waals surface area contributed by atoms with E-state index < -0.39 is 0 Å². The Balaban J connectivity index is 1.62. The zero-order valence-electron chi connectivity index (χ0n) is 20.1. The molecule has 0 saturated heterocycles. The predicted octanol–water partition coefficient (Wildman–Crippen LogP) is 8.83. The molecule has 0 aliphatic carbocycles. The second-order valence-corrected chi connectivity index (χ2v) is 12.0. The van der Waals surface area contributed by atoms with Gasteiger partial charge in [0, 0.05) is 31.9 Å². The third-order valence-electron chi connectivity index (χ3n) is 6.81. The first-order chi connectivity index (χ1) is 17.1. The molecule has 0 spiro atoms. The van der Waals surface area contributed by atoms with Gasteiger partial charge < -0.3 is 5.32 Å². The van der Waals surface area contributed by atoms with E-state index in [1.807, 2.05) is 0 Å². The van der Waals surface area contributed by atoms with Gasteiger partial charge in [0.1, 0.15) is 10.0 Å². The van der Waals surface area contributed by atoms with Crippen LogP contribution >= 0.6 is 38.6 Å². The quantitative estimate of drug-likeness (QED) is 0.232. The zero-order chi connectivity index (χ0) is 24.3. The molecule has 1 atom stereocenters. The van der Waals surface area contributed by atoms with Gasteiger partial charge in [-0.2, -0.15) is 0 Å². The Kier molecular flexibility index (Phi) is 7.24. The summed E-state index contributed by atoms with van der Waals surface area (Å²) in [5.41, 5.74) is 4.07. The number of thiazole rings is 2. The molecule has 1 aliphatic heterocycles. The summed E-state index contributed by atoms with van der Waals surface area (Å²) in [6, 6.07) is 18.9. The van der Waals surface area contributed by atoms with Crippen molar-refractivity contribution in [3.8, 4) is 22.5 Å². The summed E-state index contributed by atoms with van der Waals surface area (Å²) in [5, 5.41) is 10.4. The molecule has 0 radical (unpaired) electrons. The van der Waals surface area contributed by atoms with Crippen molar-refractivity contribution < 1.29 is 0 Å². The molecule has 1 N–H and O–H groups in total. The van der Waals surface area contributed by atoms with Gasteiger partial charge in [-0.1, -0.05) is 85.1 Å². The van der Waals surface area contributed by atoms with Gasteiger partial charge in [0.2, 0.25) is 0 Å². The molecular formula is C29H30BrN3S2. The third-order valence-corrected chi connectivity index (χ3v) is 9.38. The number of hydrogen-bond acceptors (Lipinski definition) is 5.